The van der Waals surface area contributed by atoms with Crippen LogP contribution in [0.25, 0.3) is 0 Å². The predicted octanol–water partition coefficient (Wildman–Crippen LogP) is 0.951. The van der Waals surface area contributed by atoms with E-state index in [1.165, 1.54) is 12.4 Å². The predicted molar refractivity (Wildman–Crippen MR) is 58.3 cm³/mol. The number of halogens is 1. The molecule has 0 amide bonds. The van der Waals surface area contributed by atoms with E-state index in [1.807, 2.05) is 13.8 Å². The first kappa shape index (κ1) is 12.5. The summed E-state index contributed by atoms with van der Waals surface area (Å²) in [5, 5.41) is 6.04. The van der Waals surface area contributed by atoms with Crippen LogP contribution in [-0.4, -0.2) is 30.5 Å². The van der Waals surface area contributed by atoms with Crippen molar-refractivity contribution in [3.8, 4) is 0 Å². The number of hydrogen-bond donors (Lipinski definition) is 2. The first-order valence-corrected chi connectivity index (χ1v) is 6.56. The van der Waals surface area contributed by atoms with Crippen molar-refractivity contribution in [2.24, 2.45) is 5.92 Å². The van der Waals surface area contributed by atoms with Gasteiger partial charge in [-0.3, -0.25) is 5.10 Å². The molecule has 1 heterocycles. The van der Waals surface area contributed by atoms with Gasteiger partial charge in [0.25, 0.3) is 0 Å². The number of alkyl halides is 1. The Labute approximate surface area is 94.3 Å². The van der Waals surface area contributed by atoms with Gasteiger partial charge in [0.05, 0.1) is 6.20 Å². The zero-order valence-corrected chi connectivity index (χ0v) is 10.1. The Balaban J connectivity index is 2.81. The fraction of sp³-hybridized carbons (Fsp3) is 0.625. The molecule has 0 aromatic carbocycles. The van der Waals surface area contributed by atoms with Gasteiger partial charge in [0.1, 0.15) is 4.90 Å². The van der Waals surface area contributed by atoms with E-state index in [-0.39, 0.29) is 22.7 Å². The lowest BCUT2D eigenvalue weighted by molar-refractivity contribution is 0.480. The number of sulfonamides is 1. The molecule has 1 aromatic rings. The maximum absolute atomic E-state index is 11.7. The molecule has 2 N–H and O–H groups in total. The molecule has 7 heteroatoms. The second-order valence-electron chi connectivity index (χ2n) is 3.56. The zero-order chi connectivity index (χ0) is 11.5. The molecular weight excluding hydrogens is 238 g/mol. The largest absolute Gasteiger partial charge is 0.284 e. The molecule has 0 spiro atoms. The first-order valence-electron chi connectivity index (χ1n) is 4.54. The van der Waals surface area contributed by atoms with E-state index in [2.05, 4.69) is 14.9 Å². The number of nitrogens with one attached hydrogen (secondary N) is 2. The lowest BCUT2D eigenvalue weighted by atomic mass is 10.1. The maximum atomic E-state index is 11.7. The highest BCUT2D eigenvalue weighted by Gasteiger charge is 2.22. The summed E-state index contributed by atoms with van der Waals surface area (Å²) in [6, 6.07) is -0.272. The summed E-state index contributed by atoms with van der Waals surface area (Å²) in [6.45, 7) is 3.82. The minimum atomic E-state index is -3.50. The van der Waals surface area contributed by atoms with E-state index in [0.29, 0.717) is 0 Å². The van der Waals surface area contributed by atoms with Gasteiger partial charge in [0.2, 0.25) is 10.0 Å². The van der Waals surface area contributed by atoms with Gasteiger partial charge < -0.3 is 0 Å². The summed E-state index contributed by atoms with van der Waals surface area (Å²) in [5.74, 6) is 0.388. The van der Waals surface area contributed by atoms with Gasteiger partial charge in [-0.2, -0.15) is 5.10 Å². The molecule has 0 aliphatic rings. The van der Waals surface area contributed by atoms with Crippen LogP contribution in [0.4, 0.5) is 0 Å². The van der Waals surface area contributed by atoms with Crippen LogP contribution in [0.15, 0.2) is 17.3 Å². The molecule has 0 saturated heterocycles. The first-order chi connectivity index (χ1) is 6.97. The summed E-state index contributed by atoms with van der Waals surface area (Å²) in [7, 11) is -3.50. The van der Waals surface area contributed by atoms with Crippen LogP contribution in [0.3, 0.4) is 0 Å². The van der Waals surface area contributed by atoms with Crippen LogP contribution in [0.2, 0.25) is 0 Å². The Kier molecular flexibility index (Phi) is 4.12. The number of aromatic nitrogens is 2. The molecule has 0 aliphatic heterocycles. The smallest absolute Gasteiger partial charge is 0.243 e. The van der Waals surface area contributed by atoms with Crippen LogP contribution in [-0.2, 0) is 10.0 Å². The Morgan fingerprint density at radius 1 is 1.60 bits per heavy atom. The number of nitrogens with zero attached hydrogens (tertiary/aromatic N) is 1. The molecule has 1 unspecified atom stereocenters. The molecule has 86 valence electrons. The molecular formula is C8H14ClN3O2S. The summed E-state index contributed by atoms with van der Waals surface area (Å²) in [5.41, 5.74) is 0. The number of H-pyrrole nitrogens is 1. The molecule has 0 bridgehead atoms. The Morgan fingerprint density at radius 3 is 2.67 bits per heavy atom. The molecule has 0 saturated carbocycles. The van der Waals surface area contributed by atoms with E-state index < -0.39 is 10.0 Å². The average Bonchev–Trinajstić information content (AvgIpc) is 2.67. The van der Waals surface area contributed by atoms with Gasteiger partial charge in [-0.05, 0) is 5.92 Å². The number of aromatic amines is 1. The lowest BCUT2D eigenvalue weighted by Crippen LogP contribution is -2.39. The van der Waals surface area contributed by atoms with E-state index in [4.69, 9.17) is 11.6 Å². The molecule has 1 rings (SSSR count). The van der Waals surface area contributed by atoms with Crippen LogP contribution in [0.5, 0.6) is 0 Å². The van der Waals surface area contributed by atoms with E-state index in [1.54, 1.807) is 0 Å². The Hall–Kier alpha value is -0.590. The van der Waals surface area contributed by atoms with Gasteiger partial charge in [0, 0.05) is 18.1 Å². The zero-order valence-electron chi connectivity index (χ0n) is 8.57. The van der Waals surface area contributed by atoms with Crippen molar-refractivity contribution >= 4 is 21.6 Å². The fourth-order valence-electron chi connectivity index (χ4n) is 0.999. The van der Waals surface area contributed by atoms with Gasteiger partial charge in [-0.15, -0.1) is 11.6 Å². The van der Waals surface area contributed by atoms with Crippen LogP contribution in [0.1, 0.15) is 13.8 Å². The third kappa shape index (κ3) is 3.19. The fourth-order valence-corrected chi connectivity index (χ4v) is 2.81. The van der Waals surface area contributed by atoms with Crippen LogP contribution >= 0.6 is 11.6 Å². The van der Waals surface area contributed by atoms with Crippen molar-refractivity contribution in [2.45, 2.75) is 24.8 Å². The SMILES string of the molecule is CC(C)C(CCl)NS(=O)(=O)c1cn[nH]c1. The average molecular weight is 252 g/mol. The highest BCUT2D eigenvalue weighted by atomic mass is 35.5. The molecule has 0 fully saturated rings. The van der Waals surface area contributed by atoms with E-state index in [0.717, 1.165) is 0 Å². The highest BCUT2D eigenvalue weighted by Crippen LogP contribution is 2.10. The van der Waals surface area contributed by atoms with Gasteiger partial charge in [-0.1, -0.05) is 13.8 Å². The third-order valence-corrected chi connectivity index (χ3v) is 3.85. The van der Waals surface area contributed by atoms with Crippen molar-refractivity contribution in [2.75, 3.05) is 5.88 Å². The van der Waals surface area contributed by atoms with Crippen molar-refractivity contribution in [1.82, 2.24) is 14.9 Å². The molecule has 1 aromatic heterocycles. The molecule has 5 nitrogen and oxygen atoms in total. The maximum Gasteiger partial charge on any atom is 0.243 e. The normalized spacial score (nSPS) is 14.4. The summed E-state index contributed by atoms with van der Waals surface area (Å²) < 4.78 is 26.0. The third-order valence-electron chi connectivity index (χ3n) is 2.06. The minimum absolute atomic E-state index is 0.123. The highest BCUT2D eigenvalue weighted by molar-refractivity contribution is 7.89. The standard InChI is InChI=1S/C8H14ClN3O2S/c1-6(2)8(3-9)12-15(13,14)7-4-10-11-5-7/h4-6,8,12H,3H2,1-2H3,(H,10,11). The Bertz CT molecular complexity index is 388. The second kappa shape index (κ2) is 4.96. The summed E-state index contributed by atoms with van der Waals surface area (Å²) >= 11 is 5.68. The van der Waals surface area contributed by atoms with E-state index >= 15 is 0 Å². The number of hydrogen-bond acceptors (Lipinski definition) is 3. The van der Waals surface area contributed by atoms with Crippen LogP contribution in [0, 0.1) is 5.92 Å². The van der Waals surface area contributed by atoms with Crippen molar-refractivity contribution in [3.05, 3.63) is 12.4 Å². The molecule has 0 radical (unpaired) electrons. The van der Waals surface area contributed by atoms with Gasteiger partial charge >= 0.3 is 0 Å². The summed E-state index contributed by atoms with van der Waals surface area (Å²) in [6.07, 6.45) is 2.59. The quantitative estimate of drug-likeness (QED) is 0.766. The topological polar surface area (TPSA) is 74.8 Å². The molecule has 1 atom stereocenters. The van der Waals surface area contributed by atoms with Crippen LogP contribution < -0.4 is 4.72 Å². The van der Waals surface area contributed by atoms with Gasteiger partial charge in [-0.25, -0.2) is 13.1 Å². The number of rotatable bonds is 5. The molecule has 15 heavy (non-hydrogen) atoms. The monoisotopic (exact) mass is 251 g/mol. The Morgan fingerprint density at radius 2 is 2.27 bits per heavy atom. The minimum Gasteiger partial charge on any atom is -0.284 e. The second-order valence-corrected chi connectivity index (χ2v) is 5.58. The van der Waals surface area contributed by atoms with E-state index in [9.17, 15) is 8.42 Å². The summed E-state index contributed by atoms with van der Waals surface area (Å²) in [4.78, 5) is 0.123. The lowest BCUT2D eigenvalue weighted by Gasteiger charge is -2.18. The van der Waals surface area contributed by atoms with Gasteiger partial charge in [0.15, 0.2) is 0 Å². The van der Waals surface area contributed by atoms with Crippen molar-refractivity contribution in [1.29, 1.82) is 0 Å². The van der Waals surface area contributed by atoms with Crippen molar-refractivity contribution < 1.29 is 8.42 Å². The van der Waals surface area contributed by atoms with Crippen molar-refractivity contribution in [3.63, 3.8) is 0 Å². The molecule has 0 aliphatic carbocycles.